The highest BCUT2D eigenvalue weighted by atomic mass is 35.5. The Hall–Kier alpha value is -2.09. The number of hydrogen-bond donors (Lipinski definition) is 1. The Bertz CT molecular complexity index is 935. The van der Waals surface area contributed by atoms with Gasteiger partial charge in [-0.05, 0) is 67.9 Å². The second-order valence-electron chi connectivity index (χ2n) is 8.17. The van der Waals surface area contributed by atoms with Gasteiger partial charge in [0.05, 0.1) is 0 Å². The molecule has 8 heteroatoms. The molecule has 0 spiro atoms. The van der Waals surface area contributed by atoms with Crippen molar-refractivity contribution in [1.29, 1.82) is 0 Å². The summed E-state index contributed by atoms with van der Waals surface area (Å²) < 4.78 is 13.5. The fraction of sp³-hybridized carbons (Fsp3) is 0.417. The summed E-state index contributed by atoms with van der Waals surface area (Å²) in [6.45, 7) is 3.52. The maximum Gasteiger partial charge on any atom is 0.255 e. The smallest absolute Gasteiger partial charge is 0.255 e. The number of nitrogens with one attached hydrogen (secondary N) is 1. The predicted molar refractivity (Wildman–Crippen MR) is 126 cm³/mol. The quantitative estimate of drug-likeness (QED) is 0.675. The van der Waals surface area contributed by atoms with Crippen LogP contribution >= 0.6 is 23.4 Å². The molecule has 2 aliphatic rings. The lowest BCUT2D eigenvalue weighted by molar-refractivity contribution is -0.124. The second-order valence-corrected chi connectivity index (χ2v) is 9.72. The van der Waals surface area contributed by atoms with Gasteiger partial charge in [-0.2, -0.15) is 0 Å². The van der Waals surface area contributed by atoms with E-state index in [4.69, 9.17) is 11.6 Å². The Labute approximate surface area is 197 Å². The van der Waals surface area contributed by atoms with E-state index in [9.17, 15) is 14.0 Å². The number of rotatable bonds is 6. The molecule has 0 aliphatic carbocycles. The van der Waals surface area contributed by atoms with Crippen molar-refractivity contribution >= 4 is 35.2 Å². The highest BCUT2D eigenvalue weighted by Crippen LogP contribution is 2.42. The van der Waals surface area contributed by atoms with Gasteiger partial charge in [0.25, 0.3) is 5.91 Å². The van der Waals surface area contributed by atoms with Crippen LogP contribution in [0.3, 0.4) is 0 Å². The minimum Gasteiger partial charge on any atom is -0.353 e. The van der Waals surface area contributed by atoms with Crippen molar-refractivity contribution in [3.8, 4) is 0 Å². The lowest BCUT2D eigenvalue weighted by Gasteiger charge is -2.30. The van der Waals surface area contributed by atoms with Gasteiger partial charge in [-0.25, -0.2) is 4.39 Å². The molecule has 170 valence electrons. The zero-order chi connectivity index (χ0) is 22.5. The molecular weight excluding hydrogens is 449 g/mol. The number of carbonyl (C=O) groups excluding carboxylic acids is 2. The molecule has 2 heterocycles. The number of amides is 2. The van der Waals surface area contributed by atoms with Crippen LogP contribution in [-0.4, -0.2) is 59.6 Å². The molecule has 2 aliphatic heterocycles. The monoisotopic (exact) mass is 475 g/mol. The maximum atomic E-state index is 13.5. The fourth-order valence-electron chi connectivity index (χ4n) is 4.22. The third-order valence-corrected chi connectivity index (χ3v) is 7.54. The van der Waals surface area contributed by atoms with E-state index in [1.807, 2.05) is 0 Å². The highest BCUT2D eigenvalue weighted by Gasteiger charge is 2.42. The minimum atomic E-state index is -0.598. The number of likely N-dealkylation sites (tertiary alicyclic amines) is 1. The average Bonchev–Trinajstić information content (AvgIpc) is 3.25. The number of carbonyl (C=O) groups is 2. The molecule has 2 amide bonds. The van der Waals surface area contributed by atoms with Crippen LogP contribution in [-0.2, 0) is 4.79 Å². The van der Waals surface area contributed by atoms with Crippen molar-refractivity contribution in [2.24, 2.45) is 0 Å². The molecule has 0 radical (unpaired) electrons. The summed E-state index contributed by atoms with van der Waals surface area (Å²) >= 11 is 7.50. The van der Waals surface area contributed by atoms with Gasteiger partial charge in [0.1, 0.15) is 17.2 Å². The van der Waals surface area contributed by atoms with Crippen LogP contribution in [0.1, 0.15) is 40.6 Å². The Morgan fingerprint density at radius 1 is 1.03 bits per heavy atom. The van der Waals surface area contributed by atoms with Crippen LogP contribution in [0.15, 0.2) is 48.5 Å². The summed E-state index contributed by atoms with van der Waals surface area (Å²) in [7, 11) is 0. The molecule has 0 aromatic heterocycles. The first kappa shape index (κ1) is 23.1. The van der Waals surface area contributed by atoms with Gasteiger partial charge in [-0.15, -0.1) is 11.8 Å². The lowest BCUT2D eigenvalue weighted by Crippen LogP contribution is -2.49. The summed E-state index contributed by atoms with van der Waals surface area (Å²) in [6.07, 6.45) is 3.68. The molecule has 2 saturated heterocycles. The van der Waals surface area contributed by atoms with Crippen LogP contribution in [0.5, 0.6) is 0 Å². The van der Waals surface area contributed by atoms with Gasteiger partial charge in [-0.1, -0.05) is 30.2 Å². The van der Waals surface area contributed by atoms with Crippen LogP contribution in [0, 0.1) is 5.82 Å². The standard InChI is InChI=1S/C24H27ClFN3O2S/c25-19-8-4-17(5-9-19)23(31)29-21(16-32-24(29)18-6-10-20(26)11-7-18)22(30)27-12-15-28-13-2-1-3-14-28/h4-11,21,24H,1-3,12-16H2,(H,27,30). The van der Waals surface area contributed by atoms with Crippen LogP contribution in [0.4, 0.5) is 4.39 Å². The number of benzene rings is 2. The molecule has 2 fully saturated rings. The Kier molecular flexibility index (Phi) is 7.71. The molecule has 2 aromatic rings. The molecule has 1 N–H and O–H groups in total. The van der Waals surface area contributed by atoms with E-state index < -0.39 is 6.04 Å². The number of halogens is 2. The van der Waals surface area contributed by atoms with Gasteiger partial charge in [-0.3, -0.25) is 9.59 Å². The summed E-state index contributed by atoms with van der Waals surface area (Å²) in [5, 5.41) is 3.21. The van der Waals surface area contributed by atoms with E-state index >= 15 is 0 Å². The largest absolute Gasteiger partial charge is 0.353 e. The highest BCUT2D eigenvalue weighted by molar-refractivity contribution is 7.99. The van der Waals surface area contributed by atoms with Crippen molar-refractivity contribution in [2.45, 2.75) is 30.7 Å². The van der Waals surface area contributed by atoms with Crippen molar-refractivity contribution in [3.63, 3.8) is 0 Å². The minimum absolute atomic E-state index is 0.151. The first-order chi connectivity index (χ1) is 15.5. The molecular formula is C24H27ClFN3O2S. The Morgan fingerprint density at radius 3 is 2.41 bits per heavy atom. The zero-order valence-electron chi connectivity index (χ0n) is 17.8. The number of hydrogen-bond acceptors (Lipinski definition) is 4. The summed E-state index contributed by atoms with van der Waals surface area (Å²) in [5.41, 5.74) is 1.26. The predicted octanol–water partition coefficient (Wildman–Crippen LogP) is 4.34. The molecule has 32 heavy (non-hydrogen) atoms. The van der Waals surface area contributed by atoms with Crippen molar-refractivity contribution in [1.82, 2.24) is 15.1 Å². The number of nitrogens with zero attached hydrogens (tertiary/aromatic N) is 2. The van der Waals surface area contributed by atoms with Gasteiger partial charge in [0.2, 0.25) is 5.91 Å². The first-order valence-electron chi connectivity index (χ1n) is 11.0. The first-order valence-corrected chi connectivity index (χ1v) is 12.4. The van der Waals surface area contributed by atoms with Gasteiger partial charge >= 0.3 is 0 Å². The van der Waals surface area contributed by atoms with Crippen molar-refractivity contribution < 1.29 is 14.0 Å². The second kappa shape index (κ2) is 10.7. The fourth-order valence-corrected chi connectivity index (χ4v) is 5.78. The van der Waals surface area contributed by atoms with Crippen molar-refractivity contribution in [2.75, 3.05) is 31.9 Å². The van der Waals surface area contributed by atoms with E-state index in [0.717, 1.165) is 25.2 Å². The molecule has 0 saturated carbocycles. The van der Waals surface area contributed by atoms with Gasteiger partial charge in [0, 0.05) is 29.4 Å². The van der Waals surface area contributed by atoms with E-state index in [2.05, 4.69) is 10.2 Å². The van der Waals surface area contributed by atoms with Crippen LogP contribution in [0.2, 0.25) is 5.02 Å². The molecule has 5 nitrogen and oxygen atoms in total. The van der Waals surface area contributed by atoms with E-state index in [-0.39, 0.29) is 23.0 Å². The summed E-state index contributed by atoms with van der Waals surface area (Å²) in [5.74, 6) is -0.241. The van der Waals surface area contributed by atoms with E-state index in [1.165, 1.54) is 43.2 Å². The Morgan fingerprint density at radius 2 is 1.72 bits per heavy atom. The summed E-state index contributed by atoms with van der Waals surface area (Å²) in [4.78, 5) is 30.5. The van der Waals surface area contributed by atoms with E-state index in [0.29, 0.717) is 22.9 Å². The van der Waals surface area contributed by atoms with Gasteiger partial charge in [0.15, 0.2) is 0 Å². The molecule has 2 unspecified atom stereocenters. The van der Waals surface area contributed by atoms with Gasteiger partial charge < -0.3 is 15.1 Å². The molecule has 2 aromatic carbocycles. The number of piperidine rings is 1. The Balaban J connectivity index is 1.50. The summed E-state index contributed by atoms with van der Waals surface area (Å²) in [6, 6.07) is 12.2. The zero-order valence-corrected chi connectivity index (χ0v) is 19.4. The molecule has 0 bridgehead atoms. The molecule has 4 rings (SSSR count). The average molecular weight is 476 g/mol. The molecule has 2 atom stereocenters. The van der Waals surface area contributed by atoms with E-state index in [1.54, 1.807) is 41.3 Å². The third kappa shape index (κ3) is 5.45. The number of thioether (sulfide) groups is 1. The van der Waals surface area contributed by atoms with Crippen LogP contribution < -0.4 is 5.32 Å². The van der Waals surface area contributed by atoms with Crippen molar-refractivity contribution in [3.05, 3.63) is 70.5 Å². The third-order valence-electron chi connectivity index (χ3n) is 5.96. The lowest BCUT2D eigenvalue weighted by atomic mass is 10.1. The van der Waals surface area contributed by atoms with Crippen LogP contribution in [0.25, 0.3) is 0 Å². The normalized spacial score (nSPS) is 21.5. The maximum absolute atomic E-state index is 13.5. The SMILES string of the molecule is O=C(NCCN1CCCCC1)C1CSC(c2ccc(F)cc2)N1C(=O)c1ccc(Cl)cc1. The topological polar surface area (TPSA) is 52.7 Å².